The number of nitriles is 1. The minimum absolute atomic E-state index is 0.0801. The lowest BCUT2D eigenvalue weighted by atomic mass is 9.92. The molecule has 4 rings (SSSR count). The lowest BCUT2D eigenvalue weighted by molar-refractivity contribution is -0.384. The predicted octanol–water partition coefficient (Wildman–Crippen LogP) is 5.75. The molecule has 0 fully saturated rings. The van der Waals surface area contributed by atoms with Crippen LogP contribution in [0, 0.1) is 33.3 Å². The van der Waals surface area contributed by atoms with Crippen LogP contribution in [0.25, 0.3) is 0 Å². The second-order valence-electron chi connectivity index (χ2n) is 13.3. The van der Waals surface area contributed by atoms with Gasteiger partial charge in [0.15, 0.2) is 11.5 Å². The largest absolute Gasteiger partial charge is 0.514 e. The Bertz CT molecular complexity index is 2000. The molecule has 2 N–H and O–H groups in total. The maximum Gasteiger partial charge on any atom is 0.514 e. The van der Waals surface area contributed by atoms with Crippen molar-refractivity contribution in [3.63, 3.8) is 0 Å². The van der Waals surface area contributed by atoms with E-state index in [1.165, 1.54) is 48.5 Å². The van der Waals surface area contributed by atoms with Crippen LogP contribution in [0.2, 0.25) is 0 Å². The number of rotatable bonds is 19. The molecule has 0 saturated carbocycles. The average molecular weight is 768 g/mol. The Balaban J connectivity index is 1.13. The topological polar surface area (TPSA) is 224 Å². The second kappa shape index (κ2) is 20.0. The zero-order chi connectivity index (χ0) is 40.8. The Kier molecular flexibility index (Phi) is 14.9. The summed E-state index contributed by atoms with van der Waals surface area (Å²) in [5, 5.41) is 25.2. The molecule has 3 aromatic carbocycles. The van der Waals surface area contributed by atoms with Crippen molar-refractivity contribution in [3.8, 4) is 17.6 Å². The van der Waals surface area contributed by atoms with Crippen molar-refractivity contribution in [1.82, 2.24) is 10.2 Å². The van der Waals surface area contributed by atoms with Gasteiger partial charge < -0.3 is 24.8 Å². The number of non-ortho nitro benzene ring substituents is 1. The molecule has 0 spiro atoms. The van der Waals surface area contributed by atoms with Gasteiger partial charge in [-0.3, -0.25) is 39.0 Å². The number of imide groups is 1. The summed E-state index contributed by atoms with van der Waals surface area (Å²) in [7, 11) is 0. The first-order chi connectivity index (χ1) is 26.7. The third-order valence-electron chi connectivity index (χ3n) is 8.59. The van der Waals surface area contributed by atoms with Gasteiger partial charge in [-0.1, -0.05) is 39.3 Å². The average Bonchev–Trinajstić information content (AvgIpc) is 3.43. The van der Waals surface area contributed by atoms with Crippen LogP contribution in [0.4, 0.5) is 16.2 Å². The summed E-state index contributed by atoms with van der Waals surface area (Å²) in [6, 6.07) is 18.7. The number of Topliss-reactive ketones (excluding diaryl/α,β-unsaturated/α-hetero) is 1. The number of nitrogens with zero attached hydrogens (tertiary/aromatic N) is 3. The predicted molar refractivity (Wildman–Crippen MR) is 200 cm³/mol. The SMILES string of the molecule is CC(CC(=O)[C@@H](NC(=O)CCCCCN1C(=O)C=C(Oc2ccc(C#N)cc2)C1=O)C(C)C)C(=O)Nc1ccc(COC(=O)Oc2ccc([N+](=O)[O-])cc2)cc1. The highest BCUT2D eigenvalue weighted by atomic mass is 16.7. The maximum absolute atomic E-state index is 13.2. The van der Waals surface area contributed by atoms with Crippen molar-refractivity contribution in [2.24, 2.45) is 11.8 Å². The molecular formula is C40H41N5O11. The van der Waals surface area contributed by atoms with Crippen LogP contribution >= 0.6 is 0 Å². The Morgan fingerprint density at radius 1 is 0.893 bits per heavy atom. The molecule has 16 nitrogen and oxygen atoms in total. The van der Waals surface area contributed by atoms with E-state index in [4.69, 9.17) is 19.5 Å². The van der Waals surface area contributed by atoms with E-state index in [2.05, 4.69) is 10.6 Å². The third kappa shape index (κ3) is 12.3. The molecule has 1 aliphatic rings. The van der Waals surface area contributed by atoms with Crippen molar-refractivity contribution in [2.45, 2.75) is 65.5 Å². The summed E-state index contributed by atoms with van der Waals surface area (Å²) in [6.07, 6.45) is 1.59. The van der Waals surface area contributed by atoms with E-state index in [1.807, 2.05) is 6.07 Å². The summed E-state index contributed by atoms with van der Waals surface area (Å²) >= 11 is 0. The smallest absolute Gasteiger partial charge is 0.451 e. The molecule has 2 atom stereocenters. The summed E-state index contributed by atoms with van der Waals surface area (Å²) in [5.41, 5.74) is 1.32. The number of amides is 4. The first-order valence-corrected chi connectivity index (χ1v) is 17.8. The molecule has 1 heterocycles. The van der Waals surface area contributed by atoms with Gasteiger partial charge in [-0.25, -0.2) is 4.79 Å². The molecule has 292 valence electrons. The summed E-state index contributed by atoms with van der Waals surface area (Å²) in [4.78, 5) is 87.2. The van der Waals surface area contributed by atoms with Gasteiger partial charge in [-0.15, -0.1) is 0 Å². The molecule has 0 aliphatic carbocycles. The van der Waals surface area contributed by atoms with Gasteiger partial charge >= 0.3 is 6.16 Å². The molecule has 3 aromatic rings. The van der Waals surface area contributed by atoms with Crippen molar-refractivity contribution in [2.75, 3.05) is 11.9 Å². The number of hydrogen-bond donors (Lipinski definition) is 2. The van der Waals surface area contributed by atoms with Crippen molar-refractivity contribution < 1.29 is 47.9 Å². The molecule has 16 heteroatoms. The van der Waals surface area contributed by atoms with Gasteiger partial charge in [-0.2, -0.15) is 5.26 Å². The number of unbranched alkanes of at least 4 members (excludes halogenated alkanes) is 2. The fourth-order valence-electron chi connectivity index (χ4n) is 5.47. The highest BCUT2D eigenvalue weighted by Gasteiger charge is 2.32. The molecule has 56 heavy (non-hydrogen) atoms. The van der Waals surface area contributed by atoms with Gasteiger partial charge in [-0.05, 0) is 72.9 Å². The molecule has 4 amide bonds. The lowest BCUT2D eigenvalue weighted by Gasteiger charge is -2.23. The van der Waals surface area contributed by atoms with Crippen LogP contribution in [-0.4, -0.2) is 58.0 Å². The molecule has 1 unspecified atom stereocenters. The van der Waals surface area contributed by atoms with Gasteiger partial charge in [0, 0.05) is 43.1 Å². The second-order valence-corrected chi connectivity index (χ2v) is 13.3. The number of hydrogen-bond acceptors (Lipinski definition) is 12. The van der Waals surface area contributed by atoms with E-state index in [-0.39, 0.29) is 60.8 Å². The number of ketones is 1. The number of benzene rings is 3. The Labute approximate surface area is 322 Å². The van der Waals surface area contributed by atoms with Crippen LogP contribution in [0.3, 0.4) is 0 Å². The van der Waals surface area contributed by atoms with E-state index in [0.29, 0.717) is 41.8 Å². The summed E-state index contributed by atoms with van der Waals surface area (Å²) < 4.78 is 15.6. The number of nitro groups is 1. The fraction of sp³-hybridized carbons (Fsp3) is 0.325. The van der Waals surface area contributed by atoms with E-state index >= 15 is 0 Å². The normalized spacial score (nSPS) is 13.3. The number of carbonyl (C=O) groups is 6. The molecule has 1 aliphatic heterocycles. The highest BCUT2D eigenvalue weighted by Crippen LogP contribution is 2.22. The third-order valence-corrected chi connectivity index (χ3v) is 8.59. The van der Waals surface area contributed by atoms with Crippen LogP contribution < -0.4 is 20.1 Å². The quantitative estimate of drug-likeness (QED) is 0.0372. The molecule has 0 bridgehead atoms. The van der Waals surface area contributed by atoms with Crippen LogP contribution in [0.1, 0.15) is 64.0 Å². The number of carbonyl (C=O) groups excluding carboxylic acids is 6. The zero-order valence-electron chi connectivity index (χ0n) is 31.0. The summed E-state index contributed by atoms with van der Waals surface area (Å²) in [5.74, 6) is -2.74. The monoisotopic (exact) mass is 767 g/mol. The number of nitro benzene ring substituents is 1. The van der Waals surface area contributed by atoms with E-state index in [0.717, 1.165) is 11.0 Å². The van der Waals surface area contributed by atoms with Crippen molar-refractivity contribution in [1.29, 1.82) is 5.26 Å². The zero-order valence-corrected chi connectivity index (χ0v) is 31.0. The van der Waals surface area contributed by atoms with Gasteiger partial charge in [0.2, 0.25) is 11.8 Å². The fourth-order valence-corrected chi connectivity index (χ4v) is 5.47. The first-order valence-electron chi connectivity index (χ1n) is 17.8. The van der Waals surface area contributed by atoms with Crippen LogP contribution in [0.15, 0.2) is 84.6 Å². The van der Waals surface area contributed by atoms with Gasteiger partial charge in [0.05, 0.1) is 28.7 Å². The minimum atomic E-state index is -1.00. The number of anilines is 1. The summed E-state index contributed by atoms with van der Waals surface area (Å²) in [6.45, 7) is 5.22. The molecular weight excluding hydrogens is 726 g/mol. The maximum atomic E-state index is 13.2. The first kappa shape index (κ1) is 41.9. The minimum Gasteiger partial charge on any atom is -0.451 e. The number of ether oxygens (including phenoxy) is 3. The van der Waals surface area contributed by atoms with Crippen molar-refractivity contribution in [3.05, 3.63) is 106 Å². The van der Waals surface area contributed by atoms with E-state index < -0.39 is 40.8 Å². The van der Waals surface area contributed by atoms with E-state index in [1.54, 1.807) is 45.0 Å². The molecule has 0 saturated heterocycles. The van der Waals surface area contributed by atoms with Crippen LogP contribution in [-0.2, 0) is 35.3 Å². The van der Waals surface area contributed by atoms with Gasteiger partial charge in [0.25, 0.3) is 17.5 Å². The highest BCUT2D eigenvalue weighted by molar-refractivity contribution is 6.15. The number of nitrogens with one attached hydrogen (secondary N) is 2. The van der Waals surface area contributed by atoms with Crippen LogP contribution in [0.5, 0.6) is 11.5 Å². The lowest BCUT2D eigenvalue weighted by Crippen LogP contribution is -2.45. The van der Waals surface area contributed by atoms with E-state index in [9.17, 15) is 38.9 Å². The standard InChI is InChI=1S/C40H41N5O11/c1-25(2)37(43-35(47)7-5-4-6-20-44-36(48)22-34(39(44)50)55-31-16-10-27(23-41)11-17-31)33(46)21-26(3)38(49)42-29-12-8-28(9-13-29)24-54-40(51)56-32-18-14-30(15-19-32)45(52)53/h8-19,22,25-26,37H,4-7,20-21,24H2,1-3H3,(H,42,49)(H,43,47)/t26?,37-/m0/s1. The Morgan fingerprint density at radius 3 is 2.18 bits per heavy atom. The van der Waals surface area contributed by atoms with Crippen molar-refractivity contribution >= 4 is 46.9 Å². The Morgan fingerprint density at radius 2 is 1.55 bits per heavy atom. The molecule has 0 radical (unpaired) electrons. The molecule has 0 aromatic heterocycles. The Hall–Kier alpha value is -6.89. The van der Waals surface area contributed by atoms with Gasteiger partial charge in [0.1, 0.15) is 18.1 Å².